The van der Waals surface area contributed by atoms with Crippen LogP contribution in [0.1, 0.15) is 17.5 Å². The Balaban J connectivity index is 2.18. The van der Waals surface area contributed by atoms with Gasteiger partial charge in [-0.2, -0.15) is 0 Å². The van der Waals surface area contributed by atoms with E-state index in [2.05, 4.69) is 4.90 Å². The number of thiocarbonyl (C=S) groups is 1. The van der Waals surface area contributed by atoms with Crippen LogP contribution < -0.4 is 5.73 Å². The molecule has 0 amide bonds. The quantitative estimate of drug-likeness (QED) is 0.810. The van der Waals surface area contributed by atoms with Crippen molar-refractivity contribution in [2.75, 3.05) is 27.2 Å². The highest BCUT2D eigenvalue weighted by Gasteiger charge is 2.32. The van der Waals surface area contributed by atoms with Crippen molar-refractivity contribution >= 4 is 27.2 Å². The van der Waals surface area contributed by atoms with E-state index in [-0.39, 0.29) is 16.8 Å². The normalized spacial score (nSPS) is 20.0. The zero-order valence-electron chi connectivity index (χ0n) is 12.3. The van der Waals surface area contributed by atoms with Gasteiger partial charge in [0.2, 0.25) is 10.0 Å². The average molecular weight is 327 g/mol. The third-order valence-electron chi connectivity index (χ3n) is 3.87. The molecule has 1 aromatic carbocycles. The second kappa shape index (κ2) is 6.39. The largest absolute Gasteiger partial charge is 0.389 e. The monoisotopic (exact) mass is 327 g/mol. The molecule has 0 aromatic heterocycles. The van der Waals surface area contributed by atoms with Gasteiger partial charge in [-0.25, -0.2) is 12.7 Å². The van der Waals surface area contributed by atoms with Crippen molar-refractivity contribution in [1.82, 2.24) is 9.21 Å². The van der Waals surface area contributed by atoms with E-state index in [1.54, 1.807) is 22.5 Å². The zero-order chi connectivity index (χ0) is 15.6. The molecule has 2 rings (SSSR count). The predicted octanol–water partition coefficient (Wildman–Crippen LogP) is 0.787. The van der Waals surface area contributed by atoms with Crippen LogP contribution in [0.25, 0.3) is 0 Å². The van der Waals surface area contributed by atoms with Gasteiger partial charge in [0, 0.05) is 24.7 Å². The minimum absolute atomic E-state index is 0.0549. The van der Waals surface area contributed by atoms with Crippen LogP contribution in [0.5, 0.6) is 0 Å². The van der Waals surface area contributed by atoms with Crippen molar-refractivity contribution in [3.63, 3.8) is 0 Å². The molecule has 0 spiro atoms. The Labute approximate surface area is 131 Å². The number of hydrogen-bond donors (Lipinski definition) is 1. The van der Waals surface area contributed by atoms with Crippen LogP contribution in [0, 0.1) is 0 Å². The van der Waals surface area contributed by atoms with Crippen molar-refractivity contribution in [2.45, 2.75) is 18.2 Å². The number of likely N-dealkylation sites (N-methyl/N-ethyl adjacent to an activating group) is 1. The molecule has 5 nitrogen and oxygen atoms in total. The molecule has 1 fully saturated rings. The van der Waals surface area contributed by atoms with Crippen LogP contribution in [0.15, 0.2) is 24.3 Å². The van der Waals surface area contributed by atoms with Crippen LogP contribution in [-0.4, -0.2) is 55.8 Å². The zero-order valence-corrected chi connectivity index (χ0v) is 14.0. The van der Waals surface area contributed by atoms with E-state index in [1.807, 2.05) is 20.2 Å². The number of rotatable bonds is 5. The molecule has 1 heterocycles. The number of benzene rings is 1. The molecule has 1 unspecified atom stereocenters. The second-order valence-corrected chi connectivity index (χ2v) is 7.95. The van der Waals surface area contributed by atoms with Gasteiger partial charge in [-0.3, -0.25) is 0 Å². The summed E-state index contributed by atoms with van der Waals surface area (Å²) in [7, 11) is 0.606. The first-order chi connectivity index (χ1) is 9.81. The molecule has 1 aliphatic heterocycles. The molecular weight excluding hydrogens is 306 g/mol. The maximum absolute atomic E-state index is 12.6. The third kappa shape index (κ3) is 3.79. The Morgan fingerprint density at radius 3 is 2.67 bits per heavy atom. The fourth-order valence-corrected chi connectivity index (χ4v) is 4.37. The van der Waals surface area contributed by atoms with E-state index < -0.39 is 10.0 Å². The van der Waals surface area contributed by atoms with Crippen molar-refractivity contribution < 1.29 is 8.42 Å². The van der Waals surface area contributed by atoms with Crippen molar-refractivity contribution in [3.05, 3.63) is 35.4 Å². The lowest BCUT2D eigenvalue weighted by molar-refractivity contribution is 0.302. The SMILES string of the molecule is CN(C)C1CCN(S(=O)(=O)Cc2ccccc2C(N)=S)C1. The van der Waals surface area contributed by atoms with Gasteiger partial charge in [-0.05, 0) is 26.1 Å². The Bertz CT molecular complexity index is 629. The van der Waals surface area contributed by atoms with E-state index in [4.69, 9.17) is 18.0 Å². The Hall–Kier alpha value is -1.02. The molecule has 0 radical (unpaired) electrons. The summed E-state index contributed by atoms with van der Waals surface area (Å²) in [6.45, 7) is 1.12. The summed E-state index contributed by atoms with van der Waals surface area (Å²) in [5.41, 5.74) is 6.97. The topological polar surface area (TPSA) is 66.6 Å². The highest BCUT2D eigenvalue weighted by Crippen LogP contribution is 2.21. The van der Waals surface area contributed by atoms with Crippen LogP contribution in [-0.2, 0) is 15.8 Å². The molecule has 1 atom stereocenters. The molecule has 0 bridgehead atoms. The van der Waals surface area contributed by atoms with Crippen LogP contribution >= 0.6 is 12.2 Å². The maximum atomic E-state index is 12.6. The average Bonchev–Trinajstić information content (AvgIpc) is 2.89. The fourth-order valence-electron chi connectivity index (χ4n) is 2.56. The summed E-state index contributed by atoms with van der Waals surface area (Å²) < 4.78 is 26.7. The van der Waals surface area contributed by atoms with Crippen LogP contribution in [0.3, 0.4) is 0 Å². The molecule has 0 saturated carbocycles. The van der Waals surface area contributed by atoms with E-state index in [0.717, 1.165) is 6.42 Å². The van der Waals surface area contributed by atoms with E-state index >= 15 is 0 Å². The van der Waals surface area contributed by atoms with Gasteiger partial charge in [0.25, 0.3) is 0 Å². The highest BCUT2D eigenvalue weighted by atomic mass is 32.2. The molecule has 1 aliphatic rings. The molecule has 2 N–H and O–H groups in total. The predicted molar refractivity (Wildman–Crippen MR) is 88.6 cm³/mol. The van der Waals surface area contributed by atoms with Crippen LogP contribution in [0.2, 0.25) is 0 Å². The van der Waals surface area contributed by atoms with E-state index in [1.165, 1.54) is 0 Å². The lowest BCUT2D eigenvalue weighted by Crippen LogP contribution is -2.35. The van der Waals surface area contributed by atoms with Gasteiger partial charge in [0.15, 0.2) is 0 Å². The fraction of sp³-hybridized carbons (Fsp3) is 0.500. The third-order valence-corrected chi connectivity index (χ3v) is 5.88. The Morgan fingerprint density at radius 1 is 1.43 bits per heavy atom. The van der Waals surface area contributed by atoms with Gasteiger partial charge >= 0.3 is 0 Å². The molecule has 1 saturated heterocycles. The van der Waals surface area contributed by atoms with Gasteiger partial charge in [-0.15, -0.1) is 0 Å². The van der Waals surface area contributed by atoms with Gasteiger partial charge < -0.3 is 10.6 Å². The number of nitrogens with zero attached hydrogens (tertiary/aromatic N) is 2. The van der Waals surface area contributed by atoms with Crippen molar-refractivity contribution in [1.29, 1.82) is 0 Å². The smallest absolute Gasteiger partial charge is 0.218 e. The van der Waals surface area contributed by atoms with Gasteiger partial charge in [0.1, 0.15) is 4.99 Å². The molecular formula is C14H21N3O2S2. The minimum Gasteiger partial charge on any atom is -0.389 e. The second-order valence-electron chi connectivity index (χ2n) is 5.54. The van der Waals surface area contributed by atoms with Gasteiger partial charge in [-0.1, -0.05) is 36.5 Å². The summed E-state index contributed by atoms with van der Waals surface area (Å²) >= 11 is 4.99. The Morgan fingerprint density at radius 2 is 2.10 bits per heavy atom. The summed E-state index contributed by atoms with van der Waals surface area (Å²) in [5, 5.41) is 0. The Kier molecular flexibility index (Phi) is 4.98. The molecule has 7 heteroatoms. The van der Waals surface area contributed by atoms with Crippen molar-refractivity contribution in [3.8, 4) is 0 Å². The first-order valence-electron chi connectivity index (χ1n) is 6.83. The highest BCUT2D eigenvalue weighted by molar-refractivity contribution is 7.88. The summed E-state index contributed by atoms with van der Waals surface area (Å²) in [6, 6.07) is 7.43. The number of sulfonamides is 1. The molecule has 116 valence electrons. The molecule has 1 aromatic rings. The summed E-state index contributed by atoms with van der Waals surface area (Å²) in [5.74, 6) is -0.0549. The van der Waals surface area contributed by atoms with E-state index in [0.29, 0.717) is 24.2 Å². The first-order valence-corrected chi connectivity index (χ1v) is 8.85. The van der Waals surface area contributed by atoms with Crippen LogP contribution in [0.4, 0.5) is 0 Å². The first kappa shape index (κ1) is 16.4. The summed E-state index contributed by atoms with van der Waals surface area (Å²) in [6.07, 6.45) is 0.864. The standard InChI is InChI=1S/C14H21N3O2S2/c1-16(2)12-7-8-17(9-12)21(18,19)10-11-5-3-4-6-13(11)14(15)20/h3-6,12H,7-10H2,1-2H3,(H2,15,20). The molecule has 0 aliphatic carbocycles. The number of hydrogen-bond acceptors (Lipinski definition) is 4. The van der Waals surface area contributed by atoms with E-state index in [9.17, 15) is 8.42 Å². The minimum atomic E-state index is -3.34. The summed E-state index contributed by atoms with van der Waals surface area (Å²) in [4.78, 5) is 2.30. The van der Waals surface area contributed by atoms with Gasteiger partial charge in [0.05, 0.1) is 5.75 Å². The van der Waals surface area contributed by atoms with Crippen molar-refractivity contribution in [2.24, 2.45) is 5.73 Å². The lowest BCUT2D eigenvalue weighted by atomic mass is 10.1. The maximum Gasteiger partial charge on any atom is 0.218 e. The lowest BCUT2D eigenvalue weighted by Gasteiger charge is -2.20. The number of nitrogens with two attached hydrogens (primary N) is 1. The molecule has 21 heavy (non-hydrogen) atoms.